The topological polar surface area (TPSA) is 44.1 Å². The van der Waals surface area contributed by atoms with Crippen LogP contribution in [0.15, 0.2) is 48.5 Å². The molecule has 0 spiro atoms. The van der Waals surface area contributed by atoms with Gasteiger partial charge in [0.1, 0.15) is 5.75 Å². The normalized spacial score (nSPS) is 10.8. The average molecular weight is 369 g/mol. The number of carbonyl (C=O) groups is 1. The van der Waals surface area contributed by atoms with Crippen LogP contribution in [0.3, 0.4) is 0 Å². The summed E-state index contributed by atoms with van der Waals surface area (Å²) >= 11 is 6.30. The van der Waals surface area contributed by atoms with Crippen molar-refractivity contribution in [2.45, 2.75) is 26.7 Å². The third kappa shape index (κ3) is 3.97. The smallest absolute Gasteiger partial charge is 0.311 e. The number of nitrogens with zero attached hydrogens (tertiary/aromatic N) is 2. The van der Waals surface area contributed by atoms with Gasteiger partial charge in [0.15, 0.2) is 0 Å². The second-order valence-electron chi connectivity index (χ2n) is 6.26. The summed E-state index contributed by atoms with van der Waals surface area (Å²) in [6, 6.07) is 15.4. The molecule has 2 aromatic carbocycles. The van der Waals surface area contributed by atoms with Gasteiger partial charge in [-0.05, 0) is 49.1 Å². The first-order valence-corrected chi connectivity index (χ1v) is 8.88. The number of aromatic nitrogens is 2. The first kappa shape index (κ1) is 18.2. The van der Waals surface area contributed by atoms with Gasteiger partial charge >= 0.3 is 5.97 Å². The Kier molecular flexibility index (Phi) is 5.43. The quantitative estimate of drug-likeness (QED) is 0.475. The van der Waals surface area contributed by atoms with Gasteiger partial charge in [0.2, 0.25) is 0 Å². The Labute approximate surface area is 158 Å². The summed E-state index contributed by atoms with van der Waals surface area (Å²) in [5.74, 6) is 0.0815. The van der Waals surface area contributed by atoms with Gasteiger partial charge in [-0.1, -0.05) is 48.0 Å². The Morgan fingerprint density at radius 2 is 1.85 bits per heavy atom. The minimum atomic E-state index is -0.304. The van der Waals surface area contributed by atoms with Crippen molar-refractivity contribution >= 4 is 17.6 Å². The number of esters is 1. The molecule has 0 N–H and O–H groups in total. The Balaban J connectivity index is 1.66. The molecular weight excluding hydrogens is 348 g/mol. The van der Waals surface area contributed by atoms with Gasteiger partial charge < -0.3 is 4.74 Å². The lowest BCUT2D eigenvalue weighted by Crippen LogP contribution is -2.10. The maximum absolute atomic E-state index is 12.2. The zero-order valence-corrected chi connectivity index (χ0v) is 15.9. The van der Waals surface area contributed by atoms with E-state index in [2.05, 4.69) is 5.10 Å². The van der Waals surface area contributed by atoms with Gasteiger partial charge in [-0.2, -0.15) is 5.10 Å². The molecule has 0 saturated carbocycles. The Morgan fingerprint density at radius 1 is 1.12 bits per heavy atom. The van der Waals surface area contributed by atoms with E-state index < -0.39 is 0 Å². The molecule has 0 aliphatic heterocycles. The van der Waals surface area contributed by atoms with Crippen LogP contribution in [0.4, 0.5) is 0 Å². The van der Waals surface area contributed by atoms with E-state index >= 15 is 0 Å². The molecule has 3 rings (SSSR count). The number of rotatable bonds is 5. The minimum Gasteiger partial charge on any atom is -0.425 e. The molecule has 1 heterocycles. The molecule has 0 amide bonds. The van der Waals surface area contributed by atoms with Crippen LogP contribution in [0.2, 0.25) is 5.02 Å². The molecule has 0 aliphatic carbocycles. The van der Waals surface area contributed by atoms with Crippen LogP contribution in [-0.4, -0.2) is 15.7 Å². The lowest BCUT2D eigenvalue weighted by atomic mass is 10.1. The van der Waals surface area contributed by atoms with E-state index in [-0.39, 0.29) is 12.4 Å². The summed E-state index contributed by atoms with van der Waals surface area (Å²) in [5.41, 5.74) is 5.16. The fraction of sp³-hybridized carbons (Fsp3) is 0.238. The maximum Gasteiger partial charge on any atom is 0.311 e. The number of benzene rings is 2. The number of hydrogen-bond donors (Lipinski definition) is 0. The summed E-state index contributed by atoms with van der Waals surface area (Å²) in [5, 5.41) is 4.79. The molecule has 134 valence electrons. The number of ether oxygens (including phenoxy) is 1. The van der Waals surface area contributed by atoms with Gasteiger partial charge in [-0.3, -0.25) is 9.48 Å². The number of carbonyl (C=O) groups excluding carboxylic acids is 1. The Bertz CT molecular complexity index is 933. The van der Waals surface area contributed by atoms with Crippen LogP contribution in [0.5, 0.6) is 5.75 Å². The zero-order valence-electron chi connectivity index (χ0n) is 15.1. The molecule has 5 heteroatoms. The van der Waals surface area contributed by atoms with Crippen molar-refractivity contribution in [3.63, 3.8) is 0 Å². The highest BCUT2D eigenvalue weighted by Crippen LogP contribution is 2.30. The number of halogens is 1. The number of hydrogen-bond acceptors (Lipinski definition) is 3. The molecule has 0 fully saturated rings. The first-order valence-electron chi connectivity index (χ1n) is 8.50. The standard InChI is InChI=1S/C21H21ClN2O2/c1-14-18(15(2)24(3)23-14)10-12-21(25)26-20-11-9-17(13-19(20)22)16-7-5-4-6-8-16/h4-9,11,13H,10,12H2,1-3H3. The zero-order chi connectivity index (χ0) is 18.7. The van der Waals surface area contributed by atoms with Crippen LogP contribution in [-0.2, 0) is 18.3 Å². The molecule has 4 nitrogen and oxygen atoms in total. The fourth-order valence-electron chi connectivity index (χ4n) is 2.97. The summed E-state index contributed by atoms with van der Waals surface area (Å²) in [6.45, 7) is 3.95. The van der Waals surface area contributed by atoms with Gasteiger partial charge in [0.25, 0.3) is 0 Å². The predicted octanol–water partition coefficient (Wildman–Crippen LogP) is 4.90. The van der Waals surface area contributed by atoms with Gasteiger partial charge in [0.05, 0.1) is 17.1 Å². The molecule has 0 atom stereocenters. The molecule has 3 aromatic rings. The van der Waals surface area contributed by atoms with Gasteiger partial charge in [-0.25, -0.2) is 0 Å². The summed E-state index contributed by atoms with van der Waals surface area (Å²) in [7, 11) is 1.90. The molecular formula is C21H21ClN2O2. The fourth-order valence-corrected chi connectivity index (χ4v) is 3.19. The van der Waals surface area contributed by atoms with Crippen LogP contribution < -0.4 is 4.74 Å². The van der Waals surface area contributed by atoms with Crippen LogP contribution in [0, 0.1) is 13.8 Å². The molecule has 26 heavy (non-hydrogen) atoms. The van der Waals surface area contributed by atoms with E-state index in [4.69, 9.17) is 16.3 Å². The van der Waals surface area contributed by atoms with E-state index in [1.165, 1.54) is 0 Å². The molecule has 0 saturated heterocycles. The Hall–Kier alpha value is -2.59. The van der Waals surface area contributed by atoms with E-state index in [1.807, 2.05) is 68.0 Å². The summed E-state index contributed by atoms with van der Waals surface area (Å²) in [6.07, 6.45) is 0.883. The lowest BCUT2D eigenvalue weighted by molar-refractivity contribution is -0.134. The largest absolute Gasteiger partial charge is 0.425 e. The van der Waals surface area contributed by atoms with E-state index in [1.54, 1.807) is 6.07 Å². The van der Waals surface area contributed by atoms with Crippen molar-refractivity contribution in [2.75, 3.05) is 0 Å². The van der Waals surface area contributed by atoms with Crippen LogP contribution in [0.25, 0.3) is 11.1 Å². The third-order valence-corrected chi connectivity index (χ3v) is 4.80. The Morgan fingerprint density at radius 3 is 2.46 bits per heavy atom. The van der Waals surface area contributed by atoms with E-state index in [0.29, 0.717) is 17.2 Å². The summed E-state index contributed by atoms with van der Waals surface area (Å²) < 4.78 is 7.27. The van der Waals surface area contributed by atoms with Gasteiger partial charge in [0, 0.05) is 12.7 Å². The van der Waals surface area contributed by atoms with E-state index in [9.17, 15) is 4.79 Å². The highest BCUT2D eigenvalue weighted by molar-refractivity contribution is 6.32. The lowest BCUT2D eigenvalue weighted by Gasteiger charge is -2.09. The van der Waals surface area contributed by atoms with Crippen molar-refractivity contribution < 1.29 is 9.53 Å². The summed E-state index contributed by atoms with van der Waals surface area (Å²) in [4.78, 5) is 12.2. The van der Waals surface area contributed by atoms with Crippen molar-refractivity contribution in [1.82, 2.24) is 9.78 Å². The van der Waals surface area contributed by atoms with Crippen molar-refractivity contribution in [3.05, 3.63) is 70.5 Å². The second kappa shape index (κ2) is 7.75. The molecule has 0 unspecified atom stereocenters. The monoisotopic (exact) mass is 368 g/mol. The highest BCUT2D eigenvalue weighted by Gasteiger charge is 2.14. The molecule has 0 radical (unpaired) electrons. The first-order chi connectivity index (χ1) is 12.5. The van der Waals surface area contributed by atoms with Crippen molar-refractivity contribution in [2.24, 2.45) is 7.05 Å². The minimum absolute atomic E-state index is 0.282. The van der Waals surface area contributed by atoms with Crippen LogP contribution in [0.1, 0.15) is 23.4 Å². The predicted molar refractivity (Wildman–Crippen MR) is 104 cm³/mol. The van der Waals surface area contributed by atoms with Gasteiger partial charge in [-0.15, -0.1) is 0 Å². The van der Waals surface area contributed by atoms with Crippen molar-refractivity contribution in [3.8, 4) is 16.9 Å². The maximum atomic E-state index is 12.2. The second-order valence-corrected chi connectivity index (χ2v) is 6.67. The number of aryl methyl sites for hydroxylation is 2. The molecule has 0 aliphatic rings. The van der Waals surface area contributed by atoms with Crippen LogP contribution >= 0.6 is 11.6 Å². The average Bonchev–Trinajstić information content (AvgIpc) is 2.87. The van der Waals surface area contributed by atoms with Crippen molar-refractivity contribution in [1.29, 1.82) is 0 Å². The third-order valence-electron chi connectivity index (χ3n) is 4.50. The SMILES string of the molecule is Cc1nn(C)c(C)c1CCC(=O)Oc1ccc(-c2ccccc2)cc1Cl. The van der Waals surface area contributed by atoms with E-state index in [0.717, 1.165) is 28.1 Å². The molecule has 0 bridgehead atoms. The molecule has 1 aromatic heterocycles. The highest BCUT2D eigenvalue weighted by atomic mass is 35.5.